The molecule has 0 aromatic heterocycles. The van der Waals surface area contributed by atoms with E-state index >= 15 is 0 Å². The van der Waals surface area contributed by atoms with Gasteiger partial charge in [0.15, 0.2) is 5.75 Å². The van der Waals surface area contributed by atoms with Gasteiger partial charge in [0, 0.05) is 31.6 Å². The van der Waals surface area contributed by atoms with Crippen molar-refractivity contribution in [3.8, 4) is 5.75 Å². The van der Waals surface area contributed by atoms with Crippen LogP contribution in [0.5, 0.6) is 5.75 Å². The molecule has 10 heteroatoms. The lowest BCUT2D eigenvalue weighted by Gasteiger charge is -2.40. The van der Waals surface area contributed by atoms with E-state index in [9.17, 15) is 26.7 Å². The third-order valence-corrected chi connectivity index (χ3v) is 7.43. The molecule has 0 amide bonds. The van der Waals surface area contributed by atoms with Gasteiger partial charge in [0.1, 0.15) is 5.75 Å². The molecule has 2 heterocycles. The van der Waals surface area contributed by atoms with Crippen molar-refractivity contribution < 1.29 is 31.4 Å². The minimum absolute atomic E-state index is 0.0144. The number of ether oxygens (including phenoxy) is 1. The fourth-order valence-corrected chi connectivity index (χ4v) is 5.47. The van der Waals surface area contributed by atoms with Crippen LogP contribution < -0.4 is 5.73 Å². The predicted octanol–water partition coefficient (Wildman–Crippen LogP) is 2.25. The van der Waals surface area contributed by atoms with Crippen molar-refractivity contribution in [2.45, 2.75) is 44.6 Å². The van der Waals surface area contributed by atoms with Crippen LogP contribution in [0.1, 0.15) is 35.6 Å². The number of aryl methyl sites for hydroxylation is 1. The van der Waals surface area contributed by atoms with Crippen molar-refractivity contribution >= 4 is 10.0 Å². The number of fused-ring (bicyclic) bond motifs is 1. The Labute approximate surface area is 162 Å². The van der Waals surface area contributed by atoms with Crippen molar-refractivity contribution in [2.75, 3.05) is 25.4 Å². The van der Waals surface area contributed by atoms with E-state index in [1.807, 2.05) is 19.1 Å². The van der Waals surface area contributed by atoms with Gasteiger partial charge in [-0.1, -0.05) is 12.1 Å². The molecule has 2 atom stereocenters. The smallest absolute Gasteiger partial charge is 0.404 e. The first-order chi connectivity index (χ1) is 13.0. The van der Waals surface area contributed by atoms with Crippen LogP contribution in [-0.2, 0) is 21.2 Å². The Morgan fingerprint density at radius 2 is 1.93 bits per heavy atom. The number of halogens is 3. The van der Waals surface area contributed by atoms with Crippen molar-refractivity contribution in [1.82, 2.24) is 4.31 Å². The Bertz CT molecular complexity index is 821. The Kier molecular flexibility index (Phi) is 5.96. The molecule has 1 aromatic rings. The van der Waals surface area contributed by atoms with Gasteiger partial charge < -0.3 is 15.6 Å². The fourth-order valence-electron chi connectivity index (χ4n) is 4.10. The zero-order chi connectivity index (χ0) is 20.7. The van der Waals surface area contributed by atoms with E-state index < -0.39 is 22.0 Å². The van der Waals surface area contributed by atoms with Crippen LogP contribution in [0.4, 0.5) is 13.2 Å². The van der Waals surface area contributed by atoms with Gasteiger partial charge in [0.25, 0.3) is 0 Å². The molecule has 0 spiro atoms. The number of aromatic hydroxyl groups is 1. The van der Waals surface area contributed by atoms with E-state index in [0.29, 0.717) is 19.3 Å². The number of alkyl halides is 3. The average Bonchev–Trinajstić information content (AvgIpc) is 2.62. The topological polar surface area (TPSA) is 92.9 Å². The monoisotopic (exact) mass is 422 g/mol. The number of benzene rings is 1. The van der Waals surface area contributed by atoms with Crippen molar-refractivity contribution in [3.05, 3.63) is 28.8 Å². The number of sulfonamides is 1. The molecule has 0 bridgehead atoms. The lowest BCUT2D eigenvalue weighted by atomic mass is 9.83. The maximum atomic E-state index is 12.5. The third-order valence-electron chi connectivity index (χ3n) is 5.59. The Morgan fingerprint density at radius 1 is 1.29 bits per heavy atom. The van der Waals surface area contributed by atoms with Gasteiger partial charge in [-0.2, -0.15) is 13.2 Å². The van der Waals surface area contributed by atoms with Gasteiger partial charge in [-0.05, 0) is 36.8 Å². The standard InChI is InChI=1S/C18H25F3N2O4S/c1-11-2-3-13-14(17(11)24)8-15(27-16(13)9-22)12-4-6-23(7-5-12)28(25,26)10-18(19,20)21/h2-3,12,15-16,24H,4-10,22H2,1H3. The Balaban J connectivity index is 1.70. The zero-order valence-corrected chi connectivity index (χ0v) is 16.4. The molecule has 2 unspecified atom stereocenters. The van der Waals surface area contributed by atoms with Crippen LogP contribution in [0.2, 0.25) is 0 Å². The summed E-state index contributed by atoms with van der Waals surface area (Å²) in [5.41, 5.74) is 8.23. The van der Waals surface area contributed by atoms with Crippen LogP contribution in [-0.4, -0.2) is 55.5 Å². The second kappa shape index (κ2) is 7.81. The highest BCUT2D eigenvalue weighted by molar-refractivity contribution is 7.89. The lowest BCUT2D eigenvalue weighted by Crippen LogP contribution is -2.46. The molecule has 1 saturated heterocycles. The molecule has 158 valence electrons. The maximum Gasteiger partial charge on any atom is 0.404 e. The summed E-state index contributed by atoms with van der Waals surface area (Å²) in [4.78, 5) is 0. The van der Waals surface area contributed by atoms with E-state index in [1.165, 1.54) is 0 Å². The molecule has 2 aliphatic rings. The normalized spacial score (nSPS) is 24.9. The van der Waals surface area contributed by atoms with Gasteiger partial charge in [0.05, 0.1) is 12.2 Å². The summed E-state index contributed by atoms with van der Waals surface area (Å²) in [5, 5.41) is 10.4. The highest BCUT2D eigenvalue weighted by Crippen LogP contribution is 2.40. The van der Waals surface area contributed by atoms with Crippen molar-refractivity contribution in [1.29, 1.82) is 0 Å². The molecular formula is C18H25F3N2O4S. The summed E-state index contributed by atoms with van der Waals surface area (Å²) in [5.74, 6) is -1.63. The molecule has 1 fully saturated rings. The maximum absolute atomic E-state index is 12.5. The minimum atomic E-state index is -4.75. The Hall–Kier alpha value is -1.36. The Morgan fingerprint density at radius 3 is 2.50 bits per heavy atom. The van der Waals surface area contributed by atoms with Crippen LogP contribution in [0, 0.1) is 12.8 Å². The fraction of sp³-hybridized carbons (Fsp3) is 0.667. The molecule has 0 aliphatic carbocycles. The van der Waals surface area contributed by atoms with E-state index in [2.05, 4.69) is 0 Å². The van der Waals surface area contributed by atoms with Crippen molar-refractivity contribution in [3.63, 3.8) is 0 Å². The second-order valence-electron chi connectivity index (χ2n) is 7.51. The summed E-state index contributed by atoms with van der Waals surface area (Å²) in [7, 11) is -4.36. The summed E-state index contributed by atoms with van der Waals surface area (Å²) < 4.78 is 68.4. The number of phenolic OH excluding ortho intramolecular Hbond substituents is 1. The molecule has 3 rings (SSSR count). The predicted molar refractivity (Wildman–Crippen MR) is 97.4 cm³/mol. The number of hydrogen-bond acceptors (Lipinski definition) is 5. The van der Waals surface area contributed by atoms with Gasteiger partial charge in [-0.3, -0.25) is 0 Å². The van der Waals surface area contributed by atoms with Gasteiger partial charge in [-0.25, -0.2) is 12.7 Å². The molecule has 0 radical (unpaired) electrons. The highest BCUT2D eigenvalue weighted by Gasteiger charge is 2.41. The number of nitrogens with zero attached hydrogens (tertiary/aromatic N) is 1. The third kappa shape index (κ3) is 4.45. The molecule has 0 saturated carbocycles. The average molecular weight is 422 g/mol. The van der Waals surface area contributed by atoms with Gasteiger partial charge in [0.2, 0.25) is 10.0 Å². The summed E-state index contributed by atoms with van der Waals surface area (Å²) in [6, 6.07) is 3.70. The molecule has 2 aliphatic heterocycles. The van der Waals surface area contributed by atoms with Crippen LogP contribution in [0.25, 0.3) is 0 Å². The summed E-state index contributed by atoms with van der Waals surface area (Å²) >= 11 is 0. The van der Waals surface area contributed by atoms with Crippen LogP contribution in [0.3, 0.4) is 0 Å². The summed E-state index contributed by atoms with van der Waals surface area (Å²) in [6.07, 6.45) is -4.11. The van der Waals surface area contributed by atoms with E-state index in [0.717, 1.165) is 21.0 Å². The summed E-state index contributed by atoms with van der Waals surface area (Å²) in [6.45, 7) is 2.11. The number of piperidine rings is 1. The van der Waals surface area contributed by atoms with E-state index in [1.54, 1.807) is 0 Å². The minimum Gasteiger partial charge on any atom is -0.507 e. The molecule has 1 aromatic carbocycles. The number of hydrogen-bond donors (Lipinski definition) is 2. The van der Waals surface area contributed by atoms with Gasteiger partial charge in [-0.15, -0.1) is 0 Å². The largest absolute Gasteiger partial charge is 0.507 e. The quantitative estimate of drug-likeness (QED) is 0.776. The SMILES string of the molecule is Cc1ccc2c(c1O)CC(C1CCN(S(=O)(=O)CC(F)(F)F)CC1)OC2CN. The first kappa shape index (κ1) is 21.4. The molecular weight excluding hydrogens is 397 g/mol. The number of phenols is 1. The van der Waals surface area contributed by atoms with E-state index in [4.69, 9.17) is 10.5 Å². The van der Waals surface area contributed by atoms with E-state index in [-0.39, 0.29) is 43.5 Å². The van der Waals surface area contributed by atoms with Gasteiger partial charge >= 0.3 is 6.18 Å². The molecule has 28 heavy (non-hydrogen) atoms. The number of nitrogens with two attached hydrogens (primary N) is 1. The van der Waals surface area contributed by atoms with Crippen molar-refractivity contribution in [2.24, 2.45) is 11.7 Å². The molecule has 6 nitrogen and oxygen atoms in total. The second-order valence-corrected chi connectivity index (χ2v) is 9.48. The zero-order valence-electron chi connectivity index (χ0n) is 15.6. The molecule has 3 N–H and O–H groups in total. The number of rotatable bonds is 4. The first-order valence-corrected chi connectivity index (χ1v) is 10.8. The lowest BCUT2D eigenvalue weighted by molar-refractivity contribution is -0.107. The highest BCUT2D eigenvalue weighted by atomic mass is 32.2. The van der Waals surface area contributed by atoms with Crippen LogP contribution >= 0.6 is 0 Å². The first-order valence-electron chi connectivity index (χ1n) is 9.23. The van der Waals surface area contributed by atoms with Crippen LogP contribution in [0.15, 0.2) is 12.1 Å².